The van der Waals surface area contributed by atoms with Gasteiger partial charge in [0.2, 0.25) is 0 Å². The summed E-state index contributed by atoms with van der Waals surface area (Å²) in [5.74, 6) is -1.42. The van der Waals surface area contributed by atoms with Gasteiger partial charge in [0, 0.05) is 52.0 Å². The highest BCUT2D eigenvalue weighted by Crippen LogP contribution is 2.77. The minimum atomic E-state index is -1.55. The molecule has 2 aromatic rings. The second-order valence-electron chi connectivity index (χ2n) is 18.3. The number of carbonyl (C=O) groups excluding carboxylic acids is 3. The molecule has 1 saturated heterocycles. The molecule has 1 N–H and O–H groups in total. The number of benzene rings is 2. The number of phenolic OH excluding ortho intramolecular Hbond substituents is 1. The molecule has 8 unspecified atom stereocenters. The van der Waals surface area contributed by atoms with Gasteiger partial charge < -0.3 is 28.8 Å². The normalized spacial score (nSPS) is 32.9. The van der Waals surface area contributed by atoms with Crippen molar-refractivity contribution in [3.8, 4) is 17.2 Å². The van der Waals surface area contributed by atoms with E-state index in [1.54, 1.807) is 13.0 Å². The molecule has 8 atom stereocenters. The molecule has 0 radical (unpaired) electrons. The van der Waals surface area contributed by atoms with Crippen LogP contribution in [0.15, 0.2) is 70.9 Å². The van der Waals surface area contributed by atoms with Gasteiger partial charge in [-0.3, -0.25) is 9.59 Å². The van der Waals surface area contributed by atoms with Gasteiger partial charge in [-0.05, 0) is 93.2 Å². The summed E-state index contributed by atoms with van der Waals surface area (Å²) < 4.78 is 34.1. The maximum Gasteiger partial charge on any atom is 0.333 e. The Morgan fingerprint density at radius 2 is 1.68 bits per heavy atom. The van der Waals surface area contributed by atoms with Crippen molar-refractivity contribution in [3.05, 3.63) is 98.7 Å². The van der Waals surface area contributed by atoms with Gasteiger partial charge in [0.25, 0.3) is 0 Å². The predicted octanol–water partition coefficient (Wildman–Crippen LogP) is 9.13. The van der Waals surface area contributed by atoms with E-state index in [1.807, 2.05) is 64.1 Å². The third kappa shape index (κ3) is 4.99. The van der Waals surface area contributed by atoms with Gasteiger partial charge in [-0.2, -0.15) is 0 Å². The van der Waals surface area contributed by atoms with E-state index in [0.29, 0.717) is 69.9 Å². The van der Waals surface area contributed by atoms with Crippen molar-refractivity contribution in [2.75, 3.05) is 7.11 Å². The summed E-state index contributed by atoms with van der Waals surface area (Å²) in [5.41, 5.74) is 1.77. The zero-order valence-electron chi connectivity index (χ0n) is 34.3. The lowest BCUT2D eigenvalue weighted by Crippen LogP contribution is -2.79. The molecule has 3 saturated carbocycles. The van der Waals surface area contributed by atoms with Crippen LogP contribution in [0.1, 0.15) is 120 Å². The number of rotatable bonds is 8. The van der Waals surface area contributed by atoms with Crippen LogP contribution in [-0.4, -0.2) is 52.2 Å². The molecule has 9 nitrogen and oxygen atoms in total. The number of Topliss-reactive ketones (excluding diaryl/α,β-unsaturated/α-hetero) is 2. The summed E-state index contributed by atoms with van der Waals surface area (Å²) >= 11 is 0. The Balaban J connectivity index is 1.33. The van der Waals surface area contributed by atoms with Crippen molar-refractivity contribution in [3.63, 3.8) is 0 Å². The molecule has 4 fully saturated rings. The highest BCUT2D eigenvalue weighted by atomic mass is 16.6. The SMILES string of the molecule is COC(=O)/C(C)=C\CC12OC(C)(C)C3CC(C1=O)C1C4=C(OC5c6c(O)c7c(c(CC=C(C)C)c6OC32C51)OC(C)(CCC=C(C)C)C=C7)c1ccccc1C4=O. The first kappa shape index (κ1) is 37.7. The van der Waals surface area contributed by atoms with Crippen LogP contribution in [0.25, 0.3) is 11.8 Å². The summed E-state index contributed by atoms with van der Waals surface area (Å²) in [6.07, 6.45) is 11.7. The molecule has 0 aromatic heterocycles. The first-order chi connectivity index (χ1) is 27.0. The fourth-order valence-electron chi connectivity index (χ4n) is 11.5. The molecule has 0 amide bonds. The molecule has 9 heteroatoms. The third-order valence-electron chi connectivity index (χ3n) is 13.9. The van der Waals surface area contributed by atoms with Gasteiger partial charge in [0.1, 0.15) is 34.7 Å². The predicted molar refractivity (Wildman–Crippen MR) is 215 cm³/mol. The number of hydrogen-bond acceptors (Lipinski definition) is 9. The Morgan fingerprint density at radius 3 is 2.39 bits per heavy atom. The van der Waals surface area contributed by atoms with Crippen LogP contribution in [0.4, 0.5) is 0 Å². The monoisotopic (exact) mass is 772 g/mol. The minimum Gasteiger partial charge on any atom is -0.507 e. The number of phenols is 1. The fraction of sp³-hybridized carbons (Fsp3) is 0.479. The van der Waals surface area contributed by atoms with Crippen LogP contribution >= 0.6 is 0 Å². The highest BCUT2D eigenvalue weighted by molar-refractivity contribution is 6.21. The van der Waals surface area contributed by atoms with E-state index in [2.05, 4.69) is 32.9 Å². The Labute approximate surface area is 334 Å². The van der Waals surface area contributed by atoms with Crippen molar-refractivity contribution in [2.24, 2.45) is 23.7 Å². The molecule has 10 rings (SSSR count). The van der Waals surface area contributed by atoms with Gasteiger partial charge in [-0.1, -0.05) is 53.6 Å². The minimum absolute atomic E-state index is 0.000382. The molecule has 1 spiro atoms. The van der Waals surface area contributed by atoms with E-state index >= 15 is 4.79 Å². The molecule has 4 aliphatic heterocycles. The number of aromatic hydroxyl groups is 1. The van der Waals surface area contributed by atoms with Crippen molar-refractivity contribution in [1.29, 1.82) is 0 Å². The number of allylic oxidation sites excluding steroid dienone is 5. The van der Waals surface area contributed by atoms with Crippen molar-refractivity contribution in [2.45, 2.75) is 116 Å². The summed E-state index contributed by atoms with van der Waals surface area (Å²) in [7, 11) is 1.33. The third-order valence-corrected chi connectivity index (χ3v) is 13.9. The number of ether oxygens (including phenoxy) is 5. The Hall–Kier alpha value is -4.89. The van der Waals surface area contributed by atoms with Crippen LogP contribution in [0.5, 0.6) is 17.2 Å². The summed E-state index contributed by atoms with van der Waals surface area (Å²) in [5, 5.41) is 12.6. The molecule has 57 heavy (non-hydrogen) atoms. The second kappa shape index (κ2) is 12.6. The lowest BCUT2D eigenvalue weighted by molar-refractivity contribution is -0.238. The van der Waals surface area contributed by atoms with E-state index < -0.39 is 52.2 Å². The smallest absolute Gasteiger partial charge is 0.333 e. The first-order valence-electron chi connectivity index (χ1n) is 20.3. The Bertz CT molecular complexity index is 2330. The van der Waals surface area contributed by atoms with Gasteiger partial charge in [0.05, 0.1) is 29.8 Å². The van der Waals surface area contributed by atoms with Crippen LogP contribution in [0.2, 0.25) is 0 Å². The molecular formula is C48H52O9. The van der Waals surface area contributed by atoms with Crippen LogP contribution < -0.4 is 9.47 Å². The van der Waals surface area contributed by atoms with Crippen molar-refractivity contribution < 1.29 is 43.2 Å². The largest absolute Gasteiger partial charge is 0.507 e. The number of hydrogen-bond donors (Lipinski definition) is 1. The zero-order valence-corrected chi connectivity index (χ0v) is 34.3. The number of ketones is 2. The Morgan fingerprint density at radius 1 is 0.965 bits per heavy atom. The van der Waals surface area contributed by atoms with Crippen LogP contribution in [-0.2, 0) is 30.2 Å². The summed E-state index contributed by atoms with van der Waals surface area (Å²) in [4.78, 5) is 42.8. The summed E-state index contributed by atoms with van der Waals surface area (Å²) in [6.45, 7) is 16.0. The molecular weight excluding hydrogens is 721 g/mol. The van der Waals surface area contributed by atoms with Gasteiger partial charge in [-0.15, -0.1) is 0 Å². The average Bonchev–Trinajstić information content (AvgIpc) is 3.52. The Kier molecular flexibility index (Phi) is 8.30. The highest BCUT2D eigenvalue weighted by Gasteiger charge is 2.86. The number of fused-ring (bicyclic) bond motifs is 5. The van der Waals surface area contributed by atoms with E-state index in [4.69, 9.17) is 23.7 Å². The first-order valence-corrected chi connectivity index (χ1v) is 20.3. The average molecular weight is 773 g/mol. The van der Waals surface area contributed by atoms with E-state index in [0.717, 1.165) is 17.6 Å². The number of methoxy groups -OCH3 is 1. The van der Waals surface area contributed by atoms with Crippen LogP contribution in [0, 0.1) is 23.7 Å². The van der Waals surface area contributed by atoms with Crippen LogP contribution in [0.3, 0.4) is 0 Å². The zero-order chi connectivity index (χ0) is 40.6. The molecule has 4 aliphatic carbocycles. The quantitative estimate of drug-likeness (QED) is 0.159. The van der Waals surface area contributed by atoms with E-state index in [9.17, 15) is 14.7 Å². The maximum atomic E-state index is 15.5. The standard InChI is InChI=1S/C48H52O9/c1-24(2)13-12-20-46(8)21-19-29-38(50)35-41(30(39(29)55-46)17-16-25(3)4)56-48-32-23-31(43(51)47(48,57-45(32,6)7)22-18-26(5)44(52)53-9)33-34-37(49)27-14-10-11-15-28(27)40(34)54-42(35)36(33)48/h10-11,13-16,18-19,21,31-33,36,42,50H,12,17,20,22-23H2,1-9H3/b26-18-. The lowest BCUT2D eigenvalue weighted by atomic mass is 9.41. The molecule has 8 aliphatic rings. The number of carbonyl (C=O) groups is 3. The lowest BCUT2D eigenvalue weighted by Gasteiger charge is -2.66. The van der Waals surface area contributed by atoms with E-state index in [1.165, 1.54) is 12.7 Å². The van der Waals surface area contributed by atoms with Gasteiger partial charge >= 0.3 is 5.97 Å². The fourth-order valence-corrected chi connectivity index (χ4v) is 11.5. The maximum absolute atomic E-state index is 15.5. The molecule has 298 valence electrons. The number of esters is 1. The van der Waals surface area contributed by atoms with E-state index in [-0.39, 0.29) is 29.7 Å². The molecule has 4 bridgehead atoms. The summed E-state index contributed by atoms with van der Waals surface area (Å²) in [6, 6.07) is 7.44. The van der Waals surface area contributed by atoms with Crippen molar-refractivity contribution >= 4 is 29.4 Å². The second-order valence-corrected chi connectivity index (χ2v) is 18.3. The molecule has 2 aromatic carbocycles. The molecule has 4 heterocycles. The van der Waals surface area contributed by atoms with Gasteiger partial charge in [0.15, 0.2) is 22.8 Å². The van der Waals surface area contributed by atoms with Gasteiger partial charge in [-0.25, -0.2) is 4.79 Å². The van der Waals surface area contributed by atoms with Crippen molar-refractivity contribution in [1.82, 2.24) is 0 Å². The topological polar surface area (TPSA) is 118 Å².